The van der Waals surface area contributed by atoms with Crippen LogP contribution in [0.5, 0.6) is 0 Å². The van der Waals surface area contributed by atoms with Gasteiger partial charge in [0, 0.05) is 42.7 Å². The molecule has 1 unspecified atom stereocenters. The second kappa shape index (κ2) is 9.68. The number of rotatable bonds is 7. The molecule has 2 fully saturated rings. The first-order valence-electron chi connectivity index (χ1n) is 12.2. The lowest BCUT2D eigenvalue weighted by atomic mass is 9.84. The highest BCUT2D eigenvalue weighted by Crippen LogP contribution is 2.43. The van der Waals surface area contributed by atoms with E-state index in [0.29, 0.717) is 30.1 Å². The van der Waals surface area contributed by atoms with E-state index in [9.17, 15) is 9.59 Å². The molecule has 2 aliphatic heterocycles. The van der Waals surface area contributed by atoms with Crippen molar-refractivity contribution in [1.82, 2.24) is 9.80 Å². The number of primary amides is 1. The lowest BCUT2D eigenvalue weighted by Gasteiger charge is -2.40. The molecule has 0 saturated carbocycles. The van der Waals surface area contributed by atoms with Crippen LogP contribution >= 0.6 is 0 Å². The van der Waals surface area contributed by atoms with Crippen LogP contribution in [0.4, 0.5) is 0 Å². The zero-order chi connectivity index (χ0) is 23.6. The van der Waals surface area contributed by atoms with Crippen molar-refractivity contribution in [2.75, 3.05) is 13.1 Å². The van der Waals surface area contributed by atoms with Gasteiger partial charge in [-0.25, -0.2) is 0 Å². The van der Waals surface area contributed by atoms with E-state index >= 15 is 0 Å². The predicted molar refractivity (Wildman–Crippen MR) is 132 cm³/mol. The van der Waals surface area contributed by atoms with Gasteiger partial charge in [-0.05, 0) is 54.9 Å². The molecule has 2 aromatic carbocycles. The third kappa shape index (κ3) is 5.47. The lowest BCUT2D eigenvalue weighted by molar-refractivity contribution is -0.140. The molecule has 0 aliphatic carbocycles. The molecule has 4 rings (SSSR count). The zero-order valence-corrected chi connectivity index (χ0v) is 20.2. The van der Waals surface area contributed by atoms with Crippen LogP contribution in [0, 0.1) is 5.41 Å². The molecule has 2 aliphatic rings. The van der Waals surface area contributed by atoms with E-state index in [1.165, 1.54) is 24.0 Å². The Balaban J connectivity index is 1.43. The summed E-state index contributed by atoms with van der Waals surface area (Å²) in [6.45, 7) is 8.33. The standard InChI is InChI=1S/C28H37N3O2/c1-28(2,3)27(33)30(19-20-8-5-4-6-9-20)14-15-31-24-12-13-25(31)18-23(17-24)21-10-7-11-22(16-21)26(29)32/h4-11,16,23-25H,12-15,17-19H2,1-3H3,(H2,29,32)/t23?,24-,25+. The fourth-order valence-corrected chi connectivity index (χ4v) is 5.62. The van der Waals surface area contributed by atoms with Gasteiger partial charge in [-0.3, -0.25) is 14.5 Å². The van der Waals surface area contributed by atoms with Crippen molar-refractivity contribution in [2.45, 2.75) is 71.0 Å². The summed E-state index contributed by atoms with van der Waals surface area (Å²) in [6, 6.07) is 19.2. The van der Waals surface area contributed by atoms with E-state index in [0.717, 1.165) is 25.9 Å². The third-order valence-electron chi connectivity index (χ3n) is 7.30. The maximum absolute atomic E-state index is 13.2. The van der Waals surface area contributed by atoms with E-state index in [4.69, 9.17) is 5.73 Å². The topological polar surface area (TPSA) is 66.6 Å². The number of piperidine rings is 1. The fraction of sp³-hybridized carbons (Fsp3) is 0.500. The number of amides is 2. The van der Waals surface area contributed by atoms with Crippen molar-refractivity contribution < 1.29 is 9.59 Å². The molecule has 2 saturated heterocycles. The van der Waals surface area contributed by atoms with Crippen LogP contribution in [-0.4, -0.2) is 46.8 Å². The number of hydrogen-bond acceptors (Lipinski definition) is 3. The molecule has 3 atom stereocenters. The van der Waals surface area contributed by atoms with Crippen LogP contribution in [0.3, 0.4) is 0 Å². The number of nitrogens with two attached hydrogens (primary N) is 1. The molecule has 2 N–H and O–H groups in total. The minimum atomic E-state index is -0.397. The van der Waals surface area contributed by atoms with Crippen molar-refractivity contribution >= 4 is 11.8 Å². The van der Waals surface area contributed by atoms with Gasteiger partial charge in [-0.1, -0.05) is 63.2 Å². The smallest absolute Gasteiger partial charge is 0.248 e. The van der Waals surface area contributed by atoms with Crippen LogP contribution in [0.2, 0.25) is 0 Å². The van der Waals surface area contributed by atoms with Crippen LogP contribution < -0.4 is 5.73 Å². The first kappa shape index (κ1) is 23.5. The monoisotopic (exact) mass is 447 g/mol. The van der Waals surface area contributed by atoms with Crippen LogP contribution in [-0.2, 0) is 11.3 Å². The molecule has 2 heterocycles. The molecular weight excluding hydrogens is 410 g/mol. The SMILES string of the molecule is CC(C)(C)C(=O)N(CCN1[C@@H]2CC[C@H]1CC(c1cccc(C(N)=O)c1)C2)Cc1ccccc1. The molecule has 0 spiro atoms. The fourth-order valence-electron chi connectivity index (χ4n) is 5.62. The molecule has 5 nitrogen and oxygen atoms in total. The summed E-state index contributed by atoms with van der Waals surface area (Å²) in [5, 5.41) is 0. The lowest BCUT2D eigenvalue weighted by Crippen LogP contribution is -2.48. The number of benzene rings is 2. The van der Waals surface area contributed by atoms with Gasteiger partial charge >= 0.3 is 0 Å². The molecule has 0 aromatic heterocycles. The van der Waals surface area contributed by atoms with Crippen LogP contribution in [0.1, 0.15) is 73.9 Å². The zero-order valence-electron chi connectivity index (χ0n) is 20.2. The third-order valence-corrected chi connectivity index (χ3v) is 7.30. The molecule has 5 heteroatoms. The quantitative estimate of drug-likeness (QED) is 0.676. The Bertz CT molecular complexity index is 968. The first-order valence-corrected chi connectivity index (χ1v) is 12.2. The molecule has 33 heavy (non-hydrogen) atoms. The predicted octanol–water partition coefficient (Wildman–Crippen LogP) is 4.57. The van der Waals surface area contributed by atoms with Crippen molar-refractivity contribution in [1.29, 1.82) is 0 Å². The minimum absolute atomic E-state index is 0.205. The number of hydrogen-bond donors (Lipinski definition) is 1. The van der Waals surface area contributed by atoms with Gasteiger partial charge < -0.3 is 10.6 Å². The summed E-state index contributed by atoms with van der Waals surface area (Å²) in [6.07, 6.45) is 4.63. The summed E-state index contributed by atoms with van der Waals surface area (Å²) >= 11 is 0. The summed E-state index contributed by atoms with van der Waals surface area (Å²) in [4.78, 5) is 29.5. The van der Waals surface area contributed by atoms with Gasteiger partial charge in [-0.15, -0.1) is 0 Å². The normalized spacial score (nSPS) is 22.8. The van der Waals surface area contributed by atoms with Gasteiger partial charge in [-0.2, -0.15) is 0 Å². The summed E-state index contributed by atoms with van der Waals surface area (Å²) < 4.78 is 0. The Kier molecular flexibility index (Phi) is 6.89. The van der Waals surface area contributed by atoms with E-state index in [2.05, 4.69) is 23.1 Å². The van der Waals surface area contributed by atoms with Crippen molar-refractivity contribution in [3.8, 4) is 0 Å². The summed E-state index contributed by atoms with van der Waals surface area (Å²) in [7, 11) is 0. The van der Waals surface area contributed by atoms with Gasteiger partial charge in [0.25, 0.3) is 0 Å². The number of carbonyl (C=O) groups is 2. The Labute approximate surface area is 197 Å². The van der Waals surface area contributed by atoms with E-state index in [1.54, 1.807) is 6.07 Å². The van der Waals surface area contributed by atoms with Crippen molar-refractivity contribution in [2.24, 2.45) is 11.1 Å². The maximum Gasteiger partial charge on any atom is 0.248 e. The Morgan fingerprint density at radius 3 is 2.27 bits per heavy atom. The largest absolute Gasteiger partial charge is 0.366 e. The van der Waals surface area contributed by atoms with Crippen LogP contribution in [0.15, 0.2) is 54.6 Å². The molecule has 2 amide bonds. The number of fused-ring (bicyclic) bond motifs is 2. The van der Waals surface area contributed by atoms with E-state index in [-0.39, 0.29) is 11.8 Å². The second-order valence-corrected chi connectivity index (χ2v) is 10.7. The molecule has 2 aromatic rings. The molecular formula is C28H37N3O2. The Hall–Kier alpha value is -2.66. The minimum Gasteiger partial charge on any atom is -0.366 e. The van der Waals surface area contributed by atoms with Crippen LogP contribution in [0.25, 0.3) is 0 Å². The highest BCUT2D eigenvalue weighted by atomic mass is 16.2. The van der Waals surface area contributed by atoms with E-state index < -0.39 is 5.41 Å². The Morgan fingerprint density at radius 1 is 1.00 bits per heavy atom. The number of carbonyl (C=O) groups excluding carboxylic acids is 2. The number of nitrogens with zero attached hydrogens (tertiary/aromatic N) is 2. The molecule has 0 radical (unpaired) electrons. The average molecular weight is 448 g/mol. The average Bonchev–Trinajstić information content (AvgIpc) is 3.02. The highest BCUT2D eigenvalue weighted by Gasteiger charge is 2.41. The summed E-state index contributed by atoms with van der Waals surface area (Å²) in [5.41, 5.74) is 8.11. The van der Waals surface area contributed by atoms with Gasteiger partial charge in [0.15, 0.2) is 0 Å². The van der Waals surface area contributed by atoms with E-state index in [1.807, 2.05) is 56.0 Å². The van der Waals surface area contributed by atoms with Crippen molar-refractivity contribution in [3.05, 3.63) is 71.3 Å². The highest BCUT2D eigenvalue weighted by molar-refractivity contribution is 5.92. The molecule has 176 valence electrons. The molecule has 2 bridgehead atoms. The van der Waals surface area contributed by atoms with Gasteiger partial charge in [0.05, 0.1) is 0 Å². The summed E-state index contributed by atoms with van der Waals surface area (Å²) in [5.74, 6) is 0.311. The second-order valence-electron chi connectivity index (χ2n) is 10.7. The first-order chi connectivity index (χ1) is 15.7. The van der Waals surface area contributed by atoms with Crippen molar-refractivity contribution in [3.63, 3.8) is 0 Å². The van der Waals surface area contributed by atoms with Gasteiger partial charge in [0.1, 0.15) is 0 Å². The van der Waals surface area contributed by atoms with Gasteiger partial charge in [0.2, 0.25) is 11.8 Å². The maximum atomic E-state index is 13.2. The Morgan fingerprint density at radius 2 is 1.67 bits per heavy atom.